The molecule has 0 radical (unpaired) electrons. The minimum absolute atomic E-state index is 0.103. The molecule has 0 aliphatic carbocycles. The van der Waals surface area contributed by atoms with Gasteiger partial charge in [-0.2, -0.15) is 4.31 Å². The SMILES string of the molecule is O=C(C1CCN(S(=O)(=O)c2cnc[nH]2)CC1)N1CCc2ccccc21. The third kappa shape index (κ3) is 2.85. The lowest BCUT2D eigenvalue weighted by Gasteiger charge is -2.32. The Labute approximate surface area is 146 Å². The van der Waals surface area contributed by atoms with Crippen LogP contribution in [0.4, 0.5) is 5.69 Å². The molecule has 0 spiro atoms. The molecule has 0 atom stereocenters. The van der Waals surface area contributed by atoms with E-state index in [0.717, 1.165) is 12.1 Å². The van der Waals surface area contributed by atoms with Gasteiger partial charge in [0.1, 0.15) is 0 Å². The summed E-state index contributed by atoms with van der Waals surface area (Å²) in [5, 5.41) is 0.103. The van der Waals surface area contributed by atoms with Crippen LogP contribution in [0.3, 0.4) is 0 Å². The molecule has 1 aromatic carbocycles. The number of carbonyl (C=O) groups is 1. The Bertz CT molecular complexity index is 871. The molecule has 25 heavy (non-hydrogen) atoms. The Morgan fingerprint density at radius 3 is 2.64 bits per heavy atom. The van der Waals surface area contributed by atoms with E-state index in [4.69, 9.17) is 0 Å². The smallest absolute Gasteiger partial charge is 0.260 e. The molecular weight excluding hydrogens is 340 g/mol. The first-order chi connectivity index (χ1) is 12.1. The number of nitrogens with zero attached hydrogens (tertiary/aromatic N) is 3. The fourth-order valence-electron chi connectivity index (χ4n) is 3.65. The van der Waals surface area contributed by atoms with Crippen LogP contribution >= 0.6 is 0 Å². The Hall–Kier alpha value is -2.19. The van der Waals surface area contributed by atoms with Gasteiger partial charge in [0, 0.05) is 31.2 Å². The quantitative estimate of drug-likeness (QED) is 0.896. The van der Waals surface area contributed by atoms with Crippen LogP contribution in [0.25, 0.3) is 0 Å². The van der Waals surface area contributed by atoms with Crippen molar-refractivity contribution in [2.24, 2.45) is 5.92 Å². The summed E-state index contributed by atoms with van der Waals surface area (Å²) in [5.41, 5.74) is 2.20. The van der Waals surface area contributed by atoms with Gasteiger partial charge in [-0.25, -0.2) is 13.4 Å². The van der Waals surface area contributed by atoms with Crippen LogP contribution in [-0.4, -0.2) is 48.2 Å². The fourth-order valence-corrected chi connectivity index (χ4v) is 5.02. The number of aromatic amines is 1. The maximum Gasteiger partial charge on any atom is 0.260 e. The van der Waals surface area contributed by atoms with Crippen LogP contribution in [0.2, 0.25) is 0 Å². The number of H-pyrrole nitrogens is 1. The molecule has 0 bridgehead atoms. The summed E-state index contributed by atoms with van der Waals surface area (Å²) in [6.07, 6.45) is 4.65. The number of aromatic nitrogens is 2. The van der Waals surface area contributed by atoms with Crippen molar-refractivity contribution in [2.45, 2.75) is 24.3 Å². The van der Waals surface area contributed by atoms with Crippen LogP contribution in [0.5, 0.6) is 0 Å². The molecular formula is C17H20N4O3S. The summed E-state index contributed by atoms with van der Waals surface area (Å²) in [4.78, 5) is 21.2. The monoisotopic (exact) mass is 360 g/mol. The van der Waals surface area contributed by atoms with Gasteiger partial charge in [0.2, 0.25) is 5.91 Å². The highest BCUT2D eigenvalue weighted by Gasteiger charge is 2.36. The number of hydrogen-bond donors (Lipinski definition) is 1. The van der Waals surface area contributed by atoms with Gasteiger partial charge in [-0.3, -0.25) is 4.79 Å². The van der Waals surface area contributed by atoms with Crippen molar-refractivity contribution in [1.82, 2.24) is 14.3 Å². The number of benzene rings is 1. The predicted molar refractivity (Wildman–Crippen MR) is 92.6 cm³/mol. The van der Waals surface area contributed by atoms with Crippen molar-refractivity contribution in [1.29, 1.82) is 0 Å². The van der Waals surface area contributed by atoms with Gasteiger partial charge in [-0.05, 0) is 30.9 Å². The average molecular weight is 360 g/mol. The lowest BCUT2D eigenvalue weighted by Crippen LogP contribution is -2.44. The zero-order valence-corrected chi connectivity index (χ0v) is 14.6. The Morgan fingerprint density at radius 1 is 1.16 bits per heavy atom. The molecule has 2 aliphatic heterocycles. The van der Waals surface area contributed by atoms with Crippen molar-refractivity contribution in [3.63, 3.8) is 0 Å². The number of fused-ring (bicyclic) bond motifs is 1. The van der Waals surface area contributed by atoms with E-state index in [1.54, 1.807) is 0 Å². The normalized spacial score (nSPS) is 19.1. The molecule has 7 nitrogen and oxygen atoms in total. The highest BCUT2D eigenvalue weighted by atomic mass is 32.2. The van der Waals surface area contributed by atoms with Gasteiger partial charge in [-0.15, -0.1) is 0 Å². The maximum absolute atomic E-state index is 12.9. The van der Waals surface area contributed by atoms with Crippen molar-refractivity contribution in [3.8, 4) is 0 Å². The number of piperidine rings is 1. The van der Waals surface area contributed by atoms with Crippen LogP contribution in [-0.2, 0) is 21.2 Å². The predicted octanol–water partition coefficient (Wildman–Crippen LogP) is 1.40. The highest BCUT2D eigenvalue weighted by Crippen LogP contribution is 2.31. The second-order valence-corrected chi connectivity index (χ2v) is 8.37. The minimum atomic E-state index is -3.55. The van der Waals surface area contributed by atoms with Crippen molar-refractivity contribution < 1.29 is 13.2 Å². The standard InChI is InChI=1S/C17H20N4O3S/c22-17(21-10-7-13-3-1-2-4-15(13)21)14-5-8-20(9-6-14)25(23,24)16-11-18-12-19-16/h1-4,11-12,14H,5-10H2,(H,18,19). The second kappa shape index (κ2) is 6.27. The van der Waals surface area contributed by atoms with Crippen LogP contribution < -0.4 is 4.90 Å². The Morgan fingerprint density at radius 2 is 1.92 bits per heavy atom. The fraction of sp³-hybridized carbons (Fsp3) is 0.412. The molecule has 4 rings (SSSR count). The molecule has 0 saturated carbocycles. The third-order valence-corrected chi connectivity index (χ3v) is 6.87. The topological polar surface area (TPSA) is 86.4 Å². The number of imidazole rings is 1. The largest absolute Gasteiger partial charge is 0.335 e. The number of anilines is 1. The zero-order chi connectivity index (χ0) is 17.4. The summed E-state index contributed by atoms with van der Waals surface area (Å²) >= 11 is 0. The lowest BCUT2D eigenvalue weighted by atomic mass is 9.96. The maximum atomic E-state index is 12.9. The van der Waals surface area contributed by atoms with Gasteiger partial charge in [0.25, 0.3) is 10.0 Å². The number of sulfonamides is 1. The molecule has 1 N–H and O–H groups in total. The Balaban J connectivity index is 1.44. The Kier molecular flexibility index (Phi) is 4.09. The minimum Gasteiger partial charge on any atom is -0.335 e. The molecule has 1 aromatic heterocycles. The zero-order valence-electron chi connectivity index (χ0n) is 13.8. The van der Waals surface area contributed by atoms with Gasteiger partial charge in [0.05, 0.1) is 12.5 Å². The summed E-state index contributed by atoms with van der Waals surface area (Å²) in [7, 11) is -3.55. The summed E-state index contributed by atoms with van der Waals surface area (Å²) in [6.45, 7) is 1.42. The molecule has 0 unspecified atom stereocenters. The highest BCUT2D eigenvalue weighted by molar-refractivity contribution is 7.89. The average Bonchev–Trinajstić information content (AvgIpc) is 3.31. The summed E-state index contributed by atoms with van der Waals surface area (Å²) in [5.74, 6) is -0.0112. The first-order valence-electron chi connectivity index (χ1n) is 8.45. The van der Waals surface area contributed by atoms with Crippen molar-refractivity contribution >= 4 is 21.6 Å². The van der Waals surface area contributed by atoms with E-state index in [9.17, 15) is 13.2 Å². The second-order valence-electron chi connectivity index (χ2n) is 6.46. The number of carbonyl (C=O) groups excluding carboxylic acids is 1. The van der Waals surface area contributed by atoms with E-state index in [2.05, 4.69) is 16.0 Å². The van der Waals surface area contributed by atoms with Gasteiger partial charge < -0.3 is 9.88 Å². The molecule has 2 aliphatic rings. The van der Waals surface area contributed by atoms with Crippen LogP contribution in [0.1, 0.15) is 18.4 Å². The molecule has 1 fully saturated rings. The molecule has 3 heterocycles. The van der Waals surface area contributed by atoms with Crippen LogP contribution in [0, 0.1) is 5.92 Å². The van der Waals surface area contributed by atoms with Gasteiger partial charge >= 0.3 is 0 Å². The third-order valence-electron chi connectivity index (χ3n) is 5.05. The van der Waals surface area contributed by atoms with E-state index in [1.165, 1.54) is 22.4 Å². The number of nitrogens with one attached hydrogen (secondary N) is 1. The van der Waals surface area contributed by atoms with Gasteiger partial charge in [0.15, 0.2) is 5.03 Å². The van der Waals surface area contributed by atoms with Gasteiger partial charge in [-0.1, -0.05) is 18.2 Å². The molecule has 132 valence electrons. The first-order valence-corrected chi connectivity index (χ1v) is 9.89. The molecule has 1 amide bonds. The van der Waals surface area contributed by atoms with E-state index < -0.39 is 10.0 Å². The lowest BCUT2D eigenvalue weighted by molar-refractivity contribution is -0.123. The number of amides is 1. The molecule has 8 heteroatoms. The van der Waals surface area contributed by atoms with Crippen LogP contribution in [0.15, 0.2) is 41.8 Å². The van der Waals surface area contributed by atoms with E-state index >= 15 is 0 Å². The molecule has 1 saturated heterocycles. The summed E-state index contributed by atoms with van der Waals surface area (Å²) in [6, 6.07) is 7.98. The molecule has 2 aromatic rings. The first kappa shape index (κ1) is 16.3. The number of rotatable bonds is 3. The van der Waals surface area contributed by atoms with Crippen molar-refractivity contribution in [2.75, 3.05) is 24.5 Å². The van der Waals surface area contributed by atoms with E-state index in [-0.39, 0.29) is 16.9 Å². The van der Waals surface area contributed by atoms with E-state index in [0.29, 0.717) is 32.5 Å². The number of hydrogen-bond acceptors (Lipinski definition) is 4. The van der Waals surface area contributed by atoms with Crippen molar-refractivity contribution in [3.05, 3.63) is 42.4 Å². The number of para-hydroxylation sites is 1. The van der Waals surface area contributed by atoms with E-state index in [1.807, 2.05) is 23.1 Å². The summed E-state index contributed by atoms with van der Waals surface area (Å²) < 4.78 is 26.4.